The molecule has 1 amide bonds. The van der Waals surface area contributed by atoms with Crippen LogP contribution >= 0.6 is 12.4 Å². The Hall–Kier alpha value is -1.55. The maximum absolute atomic E-state index is 12.9. The highest BCUT2D eigenvalue weighted by Crippen LogP contribution is 2.38. The number of hydrogen-bond acceptors (Lipinski definition) is 6. The van der Waals surface area contributed by atoms with Crippen molar-refractivity contribution in [3.63, 3.8) is 0 Å². The molecule has 0 aliphatic carbocycles. The Kier molecular flexibility index (Phi) is 5.92. The van der Waals surface area contributed by atoms with E-state index in [-0.39, 0.29) is 35.6 Å². The number of ether oxygens (including phenoxy) is 2. The van der Waals surface area contributed by atoms with Gasteiger partial charge < -0.3 is 20.1 Å². The topological polar surface area (TPSA) is 97.0 Å². The van der Waals surface area contributed by atoms with Crippen LogP contribution < -0.4 is 20.1 Å². The van der Waals surface area contributed by atoms with E-state index in [4.69, 9.17) is 9.47 Å². The molecule has 1 aromatic carbocycles. The fourth-order valence-corrected chi connectivity index (χ4v) is 4.28. The van der Waals surface area contributed by atoms with Crippen molar-refractivity contribution in [3.05, 3.63) is 12.1 Å². The molecular weight excluding hydrogens is 358 g/mol. The van der Waals surface area contributed by atoms with Crippen LogP contribution in [0.25, 0.3) is 0 Å². The second-order valence-electron chi connectivity index (χ2n) is 5.34. The Morgan fingerprint density at radius 2 is 2.04 bits per heavy atom. The third-order valence-electron chi connectivity index (χ3n) is 3.82. The number of rotatable bonds is 3. The van der Waals surface area contributed by atoms with Gasteiger partial charge in [0.25, 0.3) is 5.91 Å². The molecule has 2 aliphatic heterocycles. The van der Waals surface area contributed by atoms with Crippen molar-refractivity contribution >= 4 is 34.0 Å². The first-order chi connectivity index (χ1) is 11.0. The minimum absolute atomic E-state index is 0. The van der Waals surface area contributed by atoms with Gasteiger partial charge in [0.2, 0.25) is 10.0 Å². The fourth-order valence-electron chi connectivity index (χ4n) is 2.65. The zero-order valence-corrected chi connectivity index (χ0v) is 14.8. The molecule has 1 aromatic rings. The Labute approximate surface area is 147 Å². The smallest absolute Gasteiger partial charge is 0.262 e. The highest BCUT2D eigenvalue weighted by Gasteiger charge is 2.31. The molecule has 134 valence electrons. The number of halogens is 1. The lowest BCUT2D eigenvalue weighted by Gasteiger charge is -2.24. The van der Waals surface area contributed by atoms with E-state index >= 15 is 0 Å². The molecule has 0 unspecified atom stereocenters. The van der Waals surface area contributed by atoms with Gasteiger partial charge in [-0.3, -0.25) is 4.79 Å². The molecule has 0 radical (unpaired) electrons. The van der Waals surface area contributed by atoms with Crippen LogP contribution in [0, 0.1) is 0 Å². The summed E-state index contributed by atoms with van der Waals surface area (Å²) < 4.78 is 37.9. The van der Waals surface area contributed by atoms with E-state index in [1.165, 1.54) is 23.5 Å². The van der Waals surface area contributed by atoms with Crippen molar-refractivity contribution in [3.8, 4) is 11.5 Å². The summed E-state index contributed by atoms with van der Waals surface area (Å²) in [5, 5.41) is 5.82. The number of benzene rings is 1. The Morgan fingerprint density at radius 3 is 2.79 bits per heavy atom. The van der Waals surface area contributed by atoms with E-state index < -0.39 is 10.0 Å². The highest BCUT2D eigenvalue weighted by atomic mass is 35.5. The third kappa shape index (κ3) is 3.59. The lowest BCUT2D eigenvalue weighted by molar-refractivity contribution is -0.118. The zero-order valence-electron chi connectivity index (χ0n) is 13.2. The summed E-state index contributed by atoms with van der Waals surface area (Å²) in [6.07, 6.45) is 0.749. The number of amides is 1. The predicted molar refractivity (Wildman–Crippen MR) is 90.6 cm³/mol. The van der Waals surface area contributed by atoms with Crippen LogP contribution in [0.3, 0.4) is 0 Å². The molecule has 24 heavy (non-hydrogen) atoms. The molecule has 2 heterocycles. The first kappa shape index (κ1) is 18.8. The largest absolute Gasteiger partial charge is 0.495 e. The fraction of sp³-hybridized carbons (Fsp3) is 0.500. The summed E-state index contributed by atoms with van der Waals surface area (Å²) in [7, 11) is -2.30. The lowest BCUT2D eigenvalue weighted by atomic mass is 10.2. The maximum atomic E-state index is 12.9. The molecule has 8 nitrogen and oxygen atoms in total. The summed E-state index contributed by atoms with van der Waals surface area (Å²) in [6, 6.07) is 2.90. The average Bonchev–Trinajstić information content (AvgIpc) is 2.83. The number of methoxy groups -OCH3 is 1. The highest BCUT2D eigenvalue weighted by molar-refractivity contribution is 7.89. The Morgan fingerprint density at radius 1 is 1.25 bits per heavy atom. The summed E-state index contributed by atoms with van der Waals surface area (Å²) in [5.74, 6) is 0.234. The summed E-state index contributed by atoms with van der Waals surface area (Å²) in [4.78, 5) is 11.4. The average molecular weight is 378 g/mol. The number of nitrogens with one attached hydrogen (secondary N) is 2. The second kappa shape index (κ2) is 7.56. The molecule has 0 atom stereocenters. The van der Waals surface area contributed by atoms with Crippen LogP contribution in [-0.2, 0) is 14.8 Å². The van der Waals surface area contributed by atoms with Crippen molar-refractivity contribution in [2.75, 3.05) is 45.2 Å². The summed E-state index contributed by atoms with van der Waals surface area (Å²) in [5.41, 5.74) is 0.412. The number of carbonyl (C=O) groups is 1. The van der Waals surface area contributed by atoms with E-state index in [0.717, 1.165) is 13.0 Å². The van der Waals surface area contributed by atoms with Crippen LogP contribution in [0.15, 0.2) is 17.0 Å². The maximum Gasteiger partial charge on any atom is 0.262 e. The molecule has 10 heteroatoms. The van der Waals surface area contributed by atoms with Crippen molar-refractivity contribution < 1.29 is 22.7 Å². The van der Waals surface area contributed by atoms with Gasteiger partial charge in [-0.15, -0.1) is 12.4 Å². The molecule has 1 fully saturated rings. The molecule has 0 saturated carbocycles. The van der Waals surface area contributed by atoms with Gasteiger partial charge in [-0.2, -0.15) is 4.31 Å². The van der Waals surface area contributed by atoms with Gasteiger partial charge >= 0.3 is 0 Å². The van der Waals surface area contributed by atoms with Gasteiger partial charge in [0.05, 0.1) is 12.8 Å². The lowest BCUT2D eigenvalue weighted by Crippen LogP contribution is -2.34. The van der Waals surface area contributed by atoms with E-state index in [9.17, 15) is 13.2 Å². The molecule has 3 rings (SSSR count). The zero-order chi connectivity index (χ0) is 16.4. The van der Waals surface area contributed by atoms with Crippen LogP contribution in [-0.4, -0.2) is 58.5 Å². The van der Waals surface area contributed by atoms with Crippen molar-refractivity contribution in [1.29, 1.82) is 0 Å². The number of nitrogens with zero attached hydrogens (tertiary/aromatic N) is 1. The summed E-state index contributed by atoms with van der Waals surface area (Å²) >= 11 is 0. The molecule has 2 N–H and O–H groups in total. The Balaban J connectivity index is 0.00000208. The molecule has 0 spiro atoms. The molecule has 0 bridgehead atoms. The van der Waals surface area contributed by atoms with Crippen LogP contribution in [0.5, 0.6) is 11.5 Å². The minimum atomic E-state index is -3.70. The standard InChI is InChI=1S/C14H19N3O5S.ClH/c1-21-12-7-10-11(22-9-14(18)16-10)8-13(12)23(19,20)17-5-2-3-15-4-6-17;/h7-8,15H,2-6,9H2,1H3,(H,16,18);1H. The van der Waals surface area contributed by atoms with Crippen LogP contribution in [0.2, 0.25) is 0 Å². The van der Waals surface area contributed by atoms with Gasteiger partial charge in [-0.25, -0.2) is 8.42 Å². The monoisotopic (exact) mass is 377 g/mol. The van der Waals surface area contributed by atoms with Gasteiger partial charge in [0.1, 0.15) is 16.4 Å². The van der Waals surface area contributed by atoms with E-state index in [0.29, 0.717) is 31.1 Å². The van der Waals surface area contributed by atoms with Gasteiger partial charge in [-0.1, -0.05) is 0 Å². The number of sulfonamides is 1. The molecule has 0 aromatic heterocycles. The van der Waals surface area contributed by atoms with Crippen LogP contribution in [0.4, 0.5) is 5.69 Å². The van der Waals surface area contributed by atoms with Crippen molar-refractivity contribution in [2.24, 2.45) is 0 Å². The summed E-state index contributed by atoms with van der Waals surface area (Å²) in [6.45, 7) is 2.13. The first-order valence-corrected chi connectivity index (χ1v) is 8.82. The number of fused-ring (bicyclic) bond motifs is 1. The minimum Gasteiger partial charge on any atom is -0.495 e. The Bertz CT molecular complexity index is 717. The van der Waals surface area contributed by atoms with E-state index in [1.807, 2.05) is 0 Å². The quantitative estimate of drug-likeness (QED) is 0.793. The van der Waals surface area contributed by atoms with E-state index in [1.54, 1.807) is 0 Å². The molecule has 1 saturated heterocycles. The third-order valence-corrected chi connectivity index (χ3v) is 5.74. The van der Waals surface area contributed by atoms with Gasteiger partial charge in [0, 0.05) is 31.8 Å². The van der Waals surface area contributed by atoms with Gasteiger partial charge in [0.15, 0.2) is 6.61 Å². The van der Waals surface area contributed by atoms with Gasteiger partial charge in [-0.05, 0) is 13.0 Å². The number of carbonyl (C=O) groups excluding carboxylic acids is 1. The first-order valence-electron chi connectivity index (χ1n) is 7.38. The SMILES string of the molecule is COc1cc2c(cc1S(=O)(=O)N1CCCNCC1)OCC(=O)N2.Cl. The molecule has 2 aliphatic rings. The van der Waals surface area contributed by atoms with Crippen LogP contribution in [0.1, 0.15) is 6.42 Å². The van der Waals surface area contributed by atoms with E-state index in [2.05, 4.69) is 10.6 Å². The normalized spacial score (nSPS) is 18.5. The molecular formula is C14H20ClN3O5S. The predicted octanol–water partition coefficient (Wildman–Crippen LogP) is 0.432. The van der Waals surface area contributed by atoms with Crippen molar-refractivity contribution in [1.82, 2.24) is 9.62 Å². The number of hydrogen-bond donors (Lipinski definition) is 2. The number of anilines is 1. The van der Waals surface area contributed by atoms with Crippen molar-refractivity contribution in [2.45, 2.75) is 11.3 Å². The second-order valence-corrected chi connectivity index (χ2v) is 7.25.